The van der Waals surface area contributed by atoms with Crippen LogP contribution in [0.2, 0.25) is 0 Å². The van der Waals surface area contributed by atoms with Crippen LogP contribution in [0.5, 0.6) is 0 Å². The van der Waals surface area contributed by atoms with Crippen molar-refractivity contribution >= 4 is 57.1 Å². The van der Waals surface area contributed by atoms with Gasteiger partial charge in [0, 0.05) is 5.75 Å². The molecule has 1 saturated carbocycles. The van der Waals surface area contributed by atoms with Crippen LogP contribution in [0.25, 0.3) is 0 Å². The fourth-order valence-corrected chi connectivity index (χ4v) is 4.43. The molecule has 0 spiro atoms. The largest absolute Gasteiger partial charge is 0.394 e. The molecule has 1 unspecified atom stereocenters. The Morgan fingerprint density at radius 2 is 2.44 bits per heavy atom. The maximum atomic E-state index is 11.7. The maximum absolute atomic E-state index is 11.7. The van der Waals surface area contributed by atoms with E-state index in [9.17, 15) is 9.70 Å². The first-order chi connectivity index (χ1) is 8.67. The highest BCUT2D eigenvalue weighted by Crippen LogP contribution is 2.44. The number of thiophene rings is 1. The number of rotatable bonds is 6. The van der Waals surface area contributed by atoms with E-state index in [1.165, 1.54) is 23.1 Å². The Kier molecular flexibility index (Phi) is 5.02. The van der Waals surface area contributed by atoms with Crippen molar-refractivity contribution in [3.05, 3.63) is 15.9 Å². The molecule has 1 heterocycles. The number of nitrogens with zero attached hydrogens (tertiary/aromatic N) is 1. The number of aryl methyl sites for hydroxylation is 1. The standard InChI is InChI=1S/C11H12INO3S2/c1-6-4-18-10(13-15)9(6)17-5-8(7-2-3-7)11(14)16-12/h4,7-8H,2-3,5H2,1H3. The van der Waals surface area contributed by atoms with Gasteiger partial charge in [0.05, 0.1) is 10.8 Å². The SMILES string of the molecule is Cc1csc(N=O)c1SCC(C(=O)OI)C1CC1. The summed E-state index contributed by atoms with van der Waals surface area (Å²) in [6.45, 7) is 1.95. The summed E-state index contributed by atoms with van der Waals surface area (Å²) in [6.07, 6.45) is 2.19. The third-order valence-electron chi connectivity index (χ3n) is 2.96. The van der Waals surface area contributed by atoms with E-state index in [2.05, 4.69) is 5.18 Å². The Bertz CT molecular complexity index is 459. The Balaban J connectivity index is 2.02. The van der Waals surface area contributed by atoms with Crippen molar-refractivity contribution in [2.75, 3.05) is 5.75 Å². The van der Waals surface area contributed by atoms with Crippen molar-refractivity contribution in [2.24, 2.45) is 17.0 Å². The fraction of sp³-hybridized carbons (Fsp3) is 0.545. The summed E-state index contributed by atoms with van der Waals surface area (Å²) < 4.78 is 4.81. The molecule has 0 radical (unpaired) electrons. The number of carbonyl (C=O) groups is 1. The molecular formula is C11H12INO3S2. The molecule has 0 aromatic carbocycles. The van der Waals surface area contributed by atoms with E-state index in [0.29, 0.717) is 16.7 Å². The number of carbonyl (C=O) groups excluding carboxylic acids is 1. The minimum atomic E-state index is -0.154. The first-order valence-electron chi connectivity index (χ1n) is 5.54. The highest BCUT2D eigenvalue weighted by atomic mass is 127. The molecule has 0 saturated heterocycles. The minimum Gasteiger partial charge on any atom is -0.394 e. The van der Waals surface area contributed by atoms with Crippen molar-refractivity contribution in [3.8, 4) is 0 Å². The van der Waals surface area contributed by atoms with Crippen LogP contribution >= 0.6 is 46.1 Å². The van der Waals surface area contributed by atoms with Crippen LogP contribution < -0.4 is 0 Å². The lowest BCUT2D eigenvalue weighted by Gasteiger charge is -2.12. The van der Waals surface area contributed by atoms with Gasteiger partial charge in [-0.2, -0.15) is 0 Å². The van der Waals surface area contributed by atoms with E-state index >= 15 is 0 Å². The molecule has 2 rings (SSSR count). The van der Waals surface area contributed by atoms with Gasteiger partial charge in [-0.15, -0.1) is 28.0 Å². The van der Waals surface area contributed by atoms with Crippen LogP contribution in [0.4, 0.5) is 5.00 Å². The van der Waals surface area contributed by atoms with Gasteiger partial charge in [0.1, 0.15) is 0 Å². The molecule has 0 amide bonds. The Labute approximate surface area is 128 Å². The van der Waals surface area contributed by atoms with Crippen molar-refractivity contribution in [2.45, 2.75) is 24.7 Å². The summed E-state index contributed by atoms with van der Waals surface area (Å²) in [5, 5.41) is 5.45. The average molecular weight is 397 g/mol. The van der Waals surface area contributed by atoms with Crippen molar-refractivity contribution < 1.29 is 7.86 Å². The van der Waals surface area contributed by atoms with Crippen molar-refractivity contribution in [1.82, 2.24) is 0 Å². The molecule has 7 heteroatoms. The molecule has 0 N–H and O–H groups in total. The number of thioether (sulfide) groups is 1. The number of hydrogen-bond donors (Lipinski definition) is 0. The first-order valence-corrected chi connectivity index (χ1v) is 8.28. The Morgan fingerprint density at radius 1 is 1.72 bits per heavy atom. The lowest BCUT2D eigenvalue weighted by atomic mass is 10.1. The van der Waals surface area contributed by atoms with Crippen LogP contribution in [0.15, 0.2) is 15.5 Å². The summed E-state index contributed by atoms with van der Waals surface area (Å²) in [4.78, 5) is 23.2. The van der Waals surface area contributed by atoms with Crippen LogP contribution in [0.3, 0.4) is 0 Å². The van der Waals surface area contributed by atoms with Crippen LogP contribution in [-0.4, -0.2) is 11.7 Å². The molecule has 1 fully saturated rings. The fourth-order valence-electron chi connectivity index (χ4n) is 1.78. The molecule has 1 aliphatic carbocycles. The first kappa shape index (κ1) is 14.3. The van der Waals surface area contributed by atoms with Crippen LogP contribution in [-0.2, 0) is 7.86 Å². The summed E-state index contributed by atoms with van der Waals surface area (Å²) in [5.74, 6) is 0.892. The summed E-state index contributed by atoms with van der Waals surface area (Å²) in [5.41, 5.74) is 1.05. The van der Waals surface area contributed by atoms with Gasteiger partial charge >= 0.3 is 5.97 Å². The zero-order valence-corrected chi connectivity index (χ0v) is 13.5. The molecule has 1 atom stereocenters. The highest BCUT2D eigenvalue weighted by molar-refractivity contribution is 14.1. The van der Waals surface area contributed by atoms with E-state index in [0.717, 1.165) is 23.3 Å². The molecule has 1 aromatic heterocycles. The third kappa shape index (κ3) is 3.24. The quantitative estimate of drug-likeness (QED) is 0.404. The second-order valence-corrected chi connectivity index (χ2v) is 6.62. The normalized spacial score (nSPS) is 16.3. The predicted molar refractivity (Wildman–Crippen MR) is 81.6 cm³/mol. The smallest absolute Gasteiger partial charge is 0.319 e. The molecule has 18 heavy (non-hydrogen) atoms. The van der Waals surface area contributed by atoms with Crippen LogP contribution in [0.1, 0.15) is 18.4 Å². The number of hydrogen-bond acceptors (Lipinski definition) is 6. The molecule has 1 aliphatic rings. The van der Waals surface area contributed by atoms with Gasteiger partial charge < -0.3 is 3.07 Å². The summed E-state index contributed by atoms with van der Waals surface area (Å²) in [7, 11) is 0. The minimum absolute atomic E-state index is 0.0642. The third-order valence-corrected chi connectivity index (χ3v) is 5.83. The van der Waals surface area contributed by atoms with E-state index < -0.39 is 0 Å². The number of halogens is 1. The summed E-state index contributed by atoms with van der Waals surface area (Å²) in [6, 6.07) is 0. The molecule has 0 bridgehead atoms. The molecule has 1 aromatic rings. The molecule has 98 valence electrons. The van der Waals surface area contributed by atoms with Gasteiger partial charge in [0.25, 0.3) is 0 Å². The van der Waals surface area contributed by atoms with Gasteiger partial charge in [-0.25, -0.2) is 0 Å². The topological polar surface area (TPSA) is 55.7 Å². The maximum Gasteiger partial charge on any atom is 0.319 e. The van der Waals surface area contributed by atoms with E-state index in [1.54, 1.807) is 23.0 Å². The number of nitroso groups, excluding NO2 is 1. The monoisotopic (exact) mass is 397 g/mol. The molecular weight excluding hydrogens is 385 g/mol. The van der Waals surface area contributed by atoms with Gasteiger partial charge in [-0.3, -0.25) is 4.79 Å². The second kappa shape index (κ2) is 6.33. The van der Waals surface area contributed by atoms with Gasteiger partial charge in [0.2, 0.25) is 0 Å². The average Bonchev–Trinajstić information content (AvgIpc) is 3.15. The van der Waals surface area contributed by atoms with Gasteiger partial charge in [0.15, 0.2) is 28.0 Å². The lowest BCUT2D eigenvalue weighted by molar-refractivity contribution is -0.135. The molecule has 4 nitrogen and oxygen atoms in total. The predicted octanol–water partition coefficient (Wildman–Crippen LogP) is 4.47. The van der Waals surface area contributed by atoms with Gasteiger partial charge in [-0.1, -0.05) is 0 Å². The van der Waals surface area contributed by atoms with E-state index in [4.69, 9.17) is 3.07 Å². The second-order valence-electron chi connectivity index (χ2n) is 4.30. The zero-order chi connectivity index (χ0) is 13.1. The Morgan fingerprint density at radius 3 is 3.00 bits per heavy atom. The zero-order valence-electron chi connectivity index (χ0n) is 9.72. The van der Waals surface area contributed by atoms with Crippen molar-refractivity contribution in [1.29, 1.82) is 0 Å². The van der Waals surface area contributed by atoms with Crippen LogP contribution in [0, 0.1) is 23.7 Å². The highest BCUT2D eigenvalue weighted by Gasteiger charge is 2.37. The van der Waals surface area contributed by atoms with Gasteiger partial charge in [-0.05, 0) is 41.8 Å². The van der Waals surface area contributed by atoms with E-state index in [1.807, 2.05) is 12.3 Å². The van der Waals surface area contributed by atoms with Crippen molar-refractivity contribution in [3.63, 3.8) is 0 Å². The summed E-state index contributed by atoms with van der Waals surface area (Å²) >= 11 is 4.52. The molecule has 0 aliphatic heterocycles. The lowest BCUT2D eigenvalue weighted by Crippen LogP contribution is -2.19. The Hall–Kier alpha value is -0.150. The van der Waals surface area contributed by atoms with E-state index in [-0.39, 0.29) is 11.9 Å².